The summed E-state index contributed by atoms with van der Waals surface area (Å²) in [7, 11) is 3.88. The Morgan fingerprint density at radius 1 is 1.43 bits per heavy atom. The average molecular weight is 202 g/mol. The summed E-state index contributed by atoms with van der Waals surface area (Å²) in [6.45, 7) is 4.69. The molecule has 0 aromatic heterocycles. The Kier molecular flexibility index (Phi) is 6.49. The molecule has 0 aliphatic carbocycles. The third-order valence-corrected chi connectivity index (χ3v) is 2.32. The molecule has 0 aliphatic heterocycles. The highest BCUT2D eigenvalue weighted by Gasteiger charge is 2.13. The lowest BCUT2D eigenvalue weighted by Crippen LogP contribution is -2.39. The summed E-state index contributed by atoms with van der Waals surface area (Å²) in [4.78, 5) is 13.3. The van der Waals surface area contributed by atoms with Crippen molar-refractivity contribution in [1.29, 1.82) is 0 Å². The zero-order chi connectivity index (χ0) is 11.1. The number of carbonyl (C=O) groups is 1. The minimum absolute atomic E-state index is 0.0367. The van der Waals surface area contributed by atoms with Gasteiger partial charge < -0.3 is 15.3 Å². The number of carbonyl (C=O) groups excluding carboxylic acids is 1. The van der Waals surface area contributed by atoms with E-state index in [1.54, 1.807) is 0 Å². The topological polar surface area (TPSA) is 52.6 Å². The normalized spacial score (nSPS) is 15.3. The van der Waals surface area contributed by atoms with E-state index in [2.05, 4.69) is 5.32 Å². The molecular weight excluding hydrogens is 180 g/mol. The predicted octanol–water partition coefficient (Wildman–Crippen LogP) is 0.0712. The molecule has 2 unspecified atom stereocenters. The fourth-order valence-corrected chi connectivity index (χ4v) is 0.952. The third kappa shape index (κ3) is 5.94. The van der Waals surface area contributed by atoms with E-state index in [1.807, 2.05) is 32.8 Å². The van der Waals surface area contributed by atoms with Crippen molar-refractivity contribution in [2.24, 2.45) is 5.92 Å². The summed E-state index contributed by atoms with van der Waals surface area (Å²) in [5, 5.41) is 11.7. The van der Waals surface area contributed by atoms with Crippen molar-refractivity contribution in [2.45, 2.75) is 26.3 Å². The van der Waals surface area contributed by atoms with Gasteiger partial charge in [0.2, 0.25) is 5.91 Å². The molecule has 0 heterocycles. The van der Waals surface area contributed by atoms with Crippen molar-refractivity contribution in [1.82, 2.24) is 10.2 Å². The molecule has 2 atom stereocenters. The molecule has 0 aromatic carbocycles. The first kappa shape index (κ1) is 13.4. The molecule has 1 amide bonds. The SMILES string of the molecule is CC(CO)C(C)NC(=O)CCN(C)C. The van der Waals surface area contributed by atoms with E-state index in [9.17, 15) is 4.79 Å². The van der Waals surface area contributed by atoms with Crippen LogP contribution < -0.4 is 5.32 Å². The zero-order valence-electron chi connectivity index (χ0n) is 9.58. The van der Waals surface area contributed by atoms with Gasteiger partial charge in [-0.3, -0.25) is 4.79 Å². The summed E-state index contributed by atoms with van der Waals surface area (Å²) in [6.07, 6.45) is 0.509. The van der Waals surface area contributed by atoms with Crippen LogP contribution in [0.3, 0.4) is 0 Å². The van der Waals surface area contributed by atoms with Crippen LogP contribution in [0, 0.1) is 5.92 Å². The first-order chi connectivity index (χ1) is 6.47. The lowest BCUT2D eigenvalue weighted by atomic mass is 10.1. The minimum atomic E-state index is 0.0367. The number of aliphatic hydroxyl groups excluding tert-OH is 1. The minimum Gasteiger partial charge on any atom is -0.396 e. The van der Waals surface area contributed by atoms with Gasteiger partial charge in [0.1, 0.15) is 0 Å². The van der Waals surface area contributed by atoms with Crippen molar-refractivity contribution in [3.05, 3.63) is 0 Å². The quantitative estimate of drug-likeness (QED) is 0.641. The van der Waals surface area contributed by atoms with Gasteiger partial charge in [0.05, 0.1) is 0 Å². The average Bonchev–Trinajstić information content (AvgIpc) is 2.13. The van der Waals surface area contributed by atoms with E-state index in [0.29, 0.717) is 6.42 Å². The van der Waals surface area contributed by atoms with E-state index in [1.165, 1.54) is 0 Å². The molecule has 0 spiro atoms. The van der Waals surface area contributed by atoms with Crippen LogP contribution in [0.2, 0.25) is 0 Å². The maximum Gasteiger partial charge on any atom is 0.221 e. The highest BCUT2D eigenvalue weighted by molar-refractivity contribution is 5.76. The van der Waals surface area contributed by atoms with E-state index in [4.69, 9.17) is 5.11 Å². The second-order valence-corrected chi connectivity index (χ2v) is 4.07. The summed E-state index contributed by atoms with van der Waals surface area (Å²) in [5.41, 5.74) is 0. The lowest BCUT2D eigenvalue weighted by Gasteiger charge is -2.19. The molecule has 0 fully saturated rings. The number of aliphatic hydroxyl groups is 1. The lowest BCUT2D eigenvalue weighted by molar-refractivity contribution is -0.122. The smallest absolute Gasteiger partial charge is 0.221 e. The van der Waals surface area contributed by atoms with Gasteiger partial charge in [0.25, 0.3) is 0 Å². The molecular formula is C10H22N2O2. The van der Waals surface area contributed by atoms with E-state index in [-0.39, 0.29) is 24.5 Å². The van der Waals surface area contributed by atoms with Crippen LogP contribution in [0.15, 0.2) is 0 Å². The van der Waals surface area contributed by atoms with Gasteiger partial charge in [-0.1, -0.05) is 6.92 Å². The molecule has 0 aliphatic rings. The second-order valence-electron chi connectivity index (χ2n) is 4.07. The van der Waals surface area contributed by atoms with Gasteiger partial charge in [0.15, 0.2) is 0 Å². The molecule has 0 aromatic rings. The second kappa shape index (κ2) is 6.79. The Hall–Kier alpha value is -0.610. The predicted molar refractivity (Wildman–Crippen MR) is 57.0 cm³/mol. The van der Waals surface area contributed by atoms with E-state index >= 15 is 0 Å². The fourth-order valence-electron chi connectivity index (χ4n) is 0.952. The Bertz CT molecular complexity index is 172. The number of nitrogens with zero attached hydrogens (tertiary/aromatic N) is 1. The molecule has 0 saturated carbocycles. The van der Waals surface area contributed by atoms with Gasteiger partial charge >= 0.3 is 0 Å². The molecule has 0 radical (unpaired) electrons. The van der Waals surface area contributed by atoms with Gasteiger partial charge in [-0.05, 0) is 26.9 Å². The molecule has 14 heavy (non-hydrogen) atoms. The first-order valence-electron chi connectivity index (χ1n) is 5.02. The summed E-state index contributed by atoms with van der Waals surface area (Å²) < 4.78 is 0. The van der Waals surface area contributed by atoms with Crippen molar-refractivity contribution in [3.8, 4) is 0 Å². The van der Waals surface area contributed by atoms with Crippen molar-refractivity contribution < 1.29 is 9.90 Å². The molecule has 84 valence electrons. The first-order valence-corrected chi connectivity index (χ1v) is 5.02. The Balaban J connectivity index is 3.71. The Labute approximate surface area is 86.3 Å². The molecule has 4 heteroatoms. The maximum absolute atomic E-state index is 11.4. The molecule has 0 saturated heterocycles. The highest BCUT2D eigenvalue weighted by Crippen LogP contribution is 2.00. The number of rotatable bonds is 6. The fraction of sp³-hybridized carbons (Fsp3) is 0.900. The van der Waals surface area contributed by atoms with Crippen LogP contribution in [-0.2, 0) is 4.79 Å². The molecule has 0 bridgehead atoms. The van der Waals surface area contributed by atoms with E-state index < -0.39 is 0 Å². The Morgan fingerprint density at radius 3 is 2.43 bits per heavy atom. The number of nitrogens with one attached hydrogen (secondary N) is 1. The van der Waals surface area contributed by atoms with Crippen molar-refractivity contribution in [2.75, 3.05) is 27.2 Å². The van der Waals surface area contributed by atoms with Crippen LogP contribution in [-0.4, -0.2) is 49.2 Å². The number of amides is 1. The summed E-state index contributed by atoms with van der Waals surface area (Å²) >= 11 is 0. The van der Waals surface area contributed by atoms with Crippen LogP contribution in [0.1, 0.15) is 20.3 Å². The summed E-state index contributed by atoms with van der Waals surface area (Å²) in [5.74, 6) is 0.157. The van der Waals surface area contributed by atoms with Crippen LogP contribution in [0.4, 0.5) is 0 Å². The molecule has 0 rings (SSSR count). The van der Waals surface area contributed by atoms with Crippen LogP contribution in [0.5, 0.6) is 0 Å². The number of hydrogen-bond acceptors (Lipinski definition) is 3. The van der Waals surface area contributed by atoms with Crippen molar-refractivity contribution in [3.63, 3.8) is 0 Å². The summed E-state index contributed by atoms with van der Waals surface area (Å²) in [6, 6.07) is 0.0367. The van der Waals surface area contributed by atoms with Gasteiger partial charge in [-0.25, -0.2) is 0 Å². The number of hydrogen-bond donors (Lipinski definition) is 2. The largest absolute Gasteiger partial charge is 0.396 e. The molecule has 2 N–H and O–H groups in total. The van der Waals surface area contributed by atoms with Crippen LogP contribution >= 0.6 is 0 Å². The van der Waals surface area contributed by atoms with Gasteiger partial charge in [-0.2, -0.15) is 0 Å². The zero-order valence-corrected chi connectivity index (χ0v) is 9.58. The maximum atomic E-state index is 11.4. The van der Waals surface area contributed by atoms with Gasteiger partial charge in [-0.15, -0.1) is 0 Å². The van der Waals surface area contributed by atoms with Crippen molar-refractivity contribution >= 4 is 5.91 Å². The third-order valence-electron chi connectivity index (χ3n) is 2.32. The molecule has 4 nitrogen and oxygen atoms in total. The van der Waals surface area contributed by atoms with E-state index in [0.717, 1.165) is 6.54 Å². The van der Waals surface area contributed by atoms with Gasteiger partial charge in [0, 0.05) is 25.6 Å². The highest BCUT2D eigenvalue weighted by atomic mass is 16.3. The Morgan fingerprint density at radius 2 is 2.00 bits per heavy atom. The standard InChI is InChI=1S/C10H22N2O2/c1-8(7-13)9(2)11-10(14)5-6-12(3)4/h8-9,13H,5-7H2,1-4H3,(H,11,14). The monoisotopic (exact) mass is 202 g/mol. The van der Waals surface area contributed by atoms with Crippen LogP contribution in [0.25, 0.3) is 0 Å².